The lowest BCUT2D eigenvalue weighted by Gasteiger charge is -2.36. The first-order valence-corrected chi connectivity index (χ1v) is 42.5. The molecule has 24 nitrogen and oxygen atoms in total. The molecule has 600 valence electrons. The van der Waals surface area contributed by atoms with Crippen LogP contribution in [0.2, 0.25) is 0 Å². The molecule has 0 spiro atoms. The van der Waals surface area contributed by atoms with E-state index in [1.165, 1.54) is 71.1 Å². The van der Waals surface area contributed by atoms with Crippen LogP contribution in [0.25, 0.3) is 31.3 Å². The number of carbonyl (C=O) groups is 8. The van der Waals surface area contributed by atoms with Gasteiger partial charge in [-0.1, -0.05) is 144 Å². The van der Waals surface area contributed by atoms with Crippen LogP contribution in [-0.2, 0) is 61.5 Å². The first-order chi connectivity index (χ1) is 55.2. The molecule has 6 aromatic carbocycles. The van der Waals surface area contributed by atoms with Gasteiger partial charge in [-0.25, -0.2) is 19.3 Å². The number of amides is 8. The predicted molar refractivity (Wildman–Crippen MR) is 439 cm³/mol. The molecular weight excluding hydrogens is 1540 g/mol. The van der Waals surface area contributed by atoms with Crippen LogP contribution < -0.4 is 30.7 Å². The zero-order valence-corrected chi connectivity index (χ0v) is 68.6. The van der Waals surface area contributed by atoms with Gasteiger partial charge in [-0.2, -0.15) is 11.8 Å². The zero-order chi connectivity index (χ0) is 81.3. The normalized spacial score (nSPS) is 19.7. The van der Waals surface area contributed by atoms with Gasteiger partial charge in [0.2, 0.25) is 35.4 Å². The summed E-state index contributed by atoms with van der Waals surface area (Å²) in [5.74, 6) is -5.30. The van der Waals surface area contributed by atoms with E-state index in [0.717, 1.165) is 65.1 Å². The molecule has 0 radical (unpaired) electrons. The molecule has 6 N–H and O–H groups in total. The highest BCUT2D eigenvalue weighted by atomic mass is 32.2. The lowest BCUT2D eigenvalue weighted by atomic mass is 9.85. The number of aliphatic hydroxyl groups excluding tert-OH is 2. The Balaban J connectivity index is 0.674. The molecule has 0 aliphatic carbocycles. The van der Waals surface area contributed by atoms with Crippen molar-refractivity contribution in [3.8, 4) is 42.8 Å². The Hall–Kier alpha value is -10.3. The molecule has 3 aromatic heterocycles. The fraction of sp³-hybridized carbons (Fsp3) is 0.384. The maximum atomic E-state index is 17.4. The van der Waals surface area contributed by atoms with Gasteiger partial charge < -0.3 is 60.1 Å². The summed E-state index contributed by atoms with van der Waals surface area (Å²) < 4.78 is 30.7. The smallest absolute Gasteiger partial charge is 0.255 e. The van der Waals surface area contributed by atoms with E-state index in [9.17, 15) is 34.2 Å². The second-order valence-corrected chi connectivity index (χ2v) is 34.9. The van der Waals surface area contributed by atoms with E-state index in [2.05, 4.69) is 36.2 Å². The van der Waals surface area contributed by atoms with Gasteiger partial charge in [0.15, 0.2) is 11.6 Å². The van der Waals surface area contributed by atoms with Crippen molar-refractivity contribution in [1.29, 1.82) is 0 Å². The van der Waals surface area contributed by atoms with E-state index >= 15 is 18.8 Å². The van der Waals surface area contributed by atoms with Gasteiger partial charge in [0.1, 0.15) is 54.4 Å². The Labute approximate surface area is 683 Å². The summed E-state index contributed by atoms with van der Waals surface area (Å²) in [6, 6.07) is 33.5. The SMILES string of the molecule is CSC[C@@H](C(=O)N1C[C@H](Oc2ccc3c(c2F)CN([C@H](C(=O)N2C[C@H](O)C[C@H]2C(=O)NCc2ccc(-c4scnc4C)cc2)C(C)C)C3=O)C[C@H]1C(=O)NCc1ccc(-c2scnc2C)cc1)N1Cc2ccc(O[C@@H]3C[C@@H](C(=O)NCc4ccc(-c5scnc5C)cc4)N(C(=O)[C@@H](NC(O)c4ccccc4)C(C)(C)C)C3)cc2C1=O. The molecule has 5 aliphatic heterocycles. The van der Waals surface area contributed by atoms with Crippen molar-refractivity contribution in [2.45, 2.75) is 168 Å². The first kappa shape index (κ1) is 81.3. The third-order valence-corrected chi connectivity index (χ3v) is 25.7. The molecular formula is C86H93FN12O12S4. The Morgan fingerprint density at radius 2 is 1.06 bits per heavy atom. The predicted octanol–water partition coefficient (Wildman–Crippen LogP) is 10.8. The van der Waals surface area contributed by atoms with Crippen molar-refractivity contribution < 1.29 is 62.4 Å². The van der Waals surface area contributed by atoms with Gasteiger partial charge >= 0.3 is 0 Å². The second kappa shape index (κ2) is 34.7. The summed E-state index contributed by atoms with van der Waals surface area (Å²) in [6.07, 6.45) is -2.22. The lowest BCUT2D eigenvalue weighted by molar-refractivity contribution is -0.143. The largest absolute Gasteiger partial charge is 0.488 e. The summed E-state index contributed by atoms with van der Waals surface area (Å²) in [5, 5.41) is 34.7. The molecule has 3 saturated heterocycles. The number of nitrogens with one attached hydrogen (secondary N) is 4. The number of benzene rings is 6. The Kier molecular flexibility index (Phi) is 24.5. The van der Waals surface area contributed by atoms with Crippen LogP contribution in [0.5, 0.6) is 11.5 Å². The van der Waals surface area contributed by atoms with Gasteiger partial charge in [-0.3, -0.25) is 43.7 Å². The van der Waals surface area contributed by atoms with Gasteiger partial charge in [0.25, 0.3) is 11.8 Å². The van der Waals surface area contributed by atoms with Crippen LogP contribution in [-0.4, -0.2) is 183 Å². The van der Waals surface area contributed by atoms with E-state index in [1.54, 1.807) is 90.4 Å². The van der Waals surface area contributed by atoms with Gasteiger partial charge in [0, 0.05) is 74.4 Å². The van der Waals surface area contributed by atoms with Crippen molar-refractivity contribution in [3.63, 3.8) is 0 Å². The molecule has 0 saturated carbocycles. The number of halogens is 1. The van der Waals surface area contributed by atoms with Crippen molar-refractivity contribution in [1.82, 2.24) is 60.7 Å². The van der Waals surface area contributed by atoms with E-state index in [1.807, 2.05) is 120 Å². The summed E-state index contributed by atoms with van der Waals surface area (Å²) >= 11 is 5.93. The topological polar surface area (TPSA) is 298 Å². The number of nitrogens with zero attached hydrogens (tertiary/aromatic N) is 8. The molecule has 9 aromatic rings. The number of hydrogen-bond acceptors (Lipinski definition) is 20. The number of aliphatic hydroxyl groups is 2. The highest BCUT2D eigenvalue weighted by molar-refractivity contribution is 7.98. The van der Waals surface area contributed by atoms with Crippen molar-refractivity contribution in [2.75, 3.05) is 31.6 Å². The van der Waals surface area contributed by atoms with Crippen LogP contribution in [0.3, 0.4) is 0 Å². The summed E-state index contributed by atoms with van der Waals surface area (Å²) in [7, 11) is 0. The highest BCUT2D eigenvalue weighted by Gasteiger charge is 2.51. The quantitative estimate of drug-likeness (QED) is 0.0261. The number of thioether (sulfide) groups is 1. The molecule has 14 rings (SSSR count). The Morgan fingerprint density at radius 1 is 0.583 bits per heavy atom. The van der Waals surface area contributed by atoms with Gasteiger partial charge in [0.05, 0.1) is 80.0 Å². The second-order valence-electron chi connectivity index (χ2n) is 31.4. The lowest BCUT2D eigenvalue weighted by Crippen LogP contribution is -2.57. The van der Waals surface area contributed by atoms with Crippen LogP contribution >= 0.6 is 45.8 Å². The van der Waals surface area contributed by atoms with Crippen LogP contribution in [0.4, 0.5) is 4.39 Å². The van der Waals surface area contributed by atoms with Crippen molar-refractivity contribution in [3.05, 3.63) is 217 Å². The minimum Gasteiger partial charge on any atom is -0.488 e. The molecule has 3 fully saturated rings. The highest BCUT2D eigenvalue weighted by Crippen LogP contribution is 2.40. The first-order valence-electron chi connectivity index (χ1n) is 38.5. The Morgan fingerprint density at radius 3 is 1.54 bits per heavy atom. The van der Waals surface area contributed by atoms with Crippen molar-refractivity contribution >= 4 is 93.0 Å². The number of thiazole rings is 3. The fourth-order valence-corrected chi connectivity index (χ4v) is 19.1. The van der Waals surface area contributed by atoms with Crippen LogP contribution in [0.1, 0.15) is 131 Å². The third-order valence-electron chi connectivity index (χ3n) is 22.1. The van der Waals surface area contributed by atoms with Crippen LogP contribution in [0.15, 0.2) is 150 Å². The number of aryl methyl sites for hydroxylation is 3. The molecule has 8 amide bonds. The van der Waals surface area contributed by atoms with Gasteiger partial charge in [-0.15, -0.1) is 34.0 Å². The molecule has 29 heteroatoms. The Bertz CT molecular complexity index is 5110. The van der Waals surface area contributed by atoms with E-state index < -0.39 is 125 Å². The average Bonchev–Trinajstić information content (AvgIpc) is 1.61. The standard InChI is InChI=1S/C86H93FN12O12S4/c1-47(2)72(84(108)96-39-59(100)31-66(96)78(102)88-35-51-15-21-54(22-16-51)73-48(3)91-44-113-73)99-42-65-63(81(99)105)29-30-70(71(65)87)111-62-34-67(79(103)89-36-52-17-23-55(24-18-52)74-49(4)92-45-114-74)97(41-62)83(107)69(43-112-9)95-38-58-27-28-60(32-64(58)82(95)106)110-61-33-68(80(104)90-37-53-19-25-56(26-20-53)75-50(5)93-46-115-75)98(40-61)85(109)76(86(6,7)8)94-77(101)57-13-11-10-12-14-57/h10-30,32,44-47,59,61-62,66-69,72,76-77,94,100-101H,31,33-43H2,1-9H3,(H,88,102)(H,89,103)(H,90,104)/t59-,61-,62-,66+,67+,68+,69+,72+,76-,77?/m1/s1. The van der Waals surface area contributed by atoms with Gasteiger partial charge in [-0.05, 0) is 107 Å². The monoisotopic (exact) mass is 1630 g/mol. The number of hydrogen-bond donors (Lipinski definition) is 6. The molecule has 0 bridgehead atoms. The molecule has 10 atom stereocenters. The summed E-state index contributed by atoms with van der Waals surface area (Å²) in [4.78, 5) is 142. The number of fused-ring (bicyclic) bond motifs is 2. The van der Waals surface area contributed by atoms with E-state index in [-0.39, 0.29) is 106 Å². The number of aromatic nitrogens is 3. The maximum Gasteiger partial charge on any atom is 0.255 e. The number of rotatable bonds is 27. The minimum absolute atomic E-state index is 0.00313. The number of carbonyl (C=O) groups excluding carboxylic acids is 8. The fourth-order valence-electron chi connectivity index (χ4n) is 16.0. The number of likely N-dealkylation sites (tertiary alicyclic amines) is 3. The maximum absolute atomic E-state index is 17.4. The molecule has 115 heavy (non-hydrogen) atoms. The molecule has 8 heterocycles. The third kappa shape index (κ3) is 17.5. The van der Waals surface area contributed by atoms with Crippen molar-refractivity contribution in [2.24, 2.45) is 11.3 Å². The zero-order valence-electron chi connectivity index (χ0n) is 65.3. The summed E-state index contributed by atoms with van der Waals surface area (Å²) in [6.45, 7) is 14.7. The minimum atomic E-state index is -1.22. The number of β-amino-alcohol motifs (C(OH)–C–C–N with tert-alkyl or cyclic N) is 1. The molecule has 5 aliphatic rings. The number of ether oxygens (including phenoxy) is 2. The van der Waals surface area contributed by atoms with E-state index in [0.29, 0.717) is 11.1 Å². The molecule has 1 unspecified atom stereocenters. The van der Waals surface area contributed by atoms with E-state index in [4.69, 9.17) is 9.47 Å². The average molecular weight is 1630 g/mol. The summed E-state index contributed by atoms with van der Waals surface area (Å²) in [5.41, 5.74) is 14.1. The van der Waals surface area contributed by atoms with Crippen LogP contribution in [0, 0.1) is 37.9 Å².